The molecule has 1 atom stereocenters. The fraction of sp³-hybridized carbons (Fsp3) is 0.444. The zero-order valence-corrected chi connectivity index (χ0v) is 15.1. The summed E-state index contributed by atoms with van der Waals surface area (Å²) in [4.78, 5) is 38.5. The van der Waals surface area contributed by atoms with Crippen molar-refractivity contribution in [1.29, 1.82) is 0 Å². The van der Waals surface area contributed by atoms with E-state index < -0.39 is 28.4 Å². The maximum absolute atomic E-state index is 12.5. The number of likely N-dealkylation sites (N-methyl/N-ethyl adjacent to an activating group) is 1. The second-order valence-electron chi connectivity index (χ2n) is 6.10. The van der Waals surface area contributed by atoms with Gasteiger partial charge in [-0.3, -0.25) is 19.7 Å². The Morgan fingerprint density at radius 1 is 1.27 bits per heavy atom. The van der Waals surface area contributed by atoms with Gasteiger partial charge in [-0.15, -0.1) is 0 Å². The van der Waals surface area contributed by atoms with Crippen LogP contribution in [0.5, 0.6) is 0 Å². The van der Waals surface area contributed by atoms with Crippen molar-refractivity contribution >= 4 is 17.4 Å². The van der Waals surface area contributed by atoms with E-state index in [-0.39, 0.29) is 11.3 Å². The van der Waals surface area contributed by atoms with E-state index in [2.05, 4.69) is 4.90 Å². The normalized spacial score (nSPS) is 17.3. The van der Waals surface area contributed by atoms with Gasteiger partial charge in [-0.05, 0) is 37.7 Å². The maximum atomic E-state index is 12.5. The summed E-state index contributed by atoms with van der Waals surface area (Å²) in [5, 5.41) is 21.0. The van der Waals surface area contributed by atoms with Crippen molar-refractivity contribution in [3.63, 3.8) is 0 Å². The van der Waals surface area contributed by atoms with Crippen LogP contribution in [-0.2, 0) is 9.59 Å². The Kier molecular flexibility index (Phi) is 6.10. The minimum atomic E-state index is -0.739. The molecule has 1 aromatic rings. The molecule has 26 heavy (non-hydrogen) atoms. The first kappa shape index (κ1) is 19.6. The monoisotopic (exact) mass is 361 g/mol. The number of ketones is 1. The Morgan fingerprint density at radius 3 is 2.31 bits per heavy atom. The Labute approximate surface area is 151 Å². The van der Waals surface area contributed by atoms with Crippen molar-refractivity contribution in [3.05, 3.63) is 51.3 Å². The van der Waals surface area contributed by atoms with Crippen LogP contribution >= 0.6 is 0 Å². The predicted octanol–water partition coefficient (Wildman–Crippen LogP) is 2.22. The topological polar surface area (TPSA) is 104 Å². The molecule has 1 aromatic carbocycles. The van der Waals surface area contributed by atoms with E-state index in [9.17, 15) is 24.8 Å². The first-order chi connectivity index (χ1) is 12.3. The number of nitro groups is 1. The summed E-state index contributed by atoms with van der Waals surface area (Å²) in [6.07, 6.45) is 0. The van der Waals surface area contributed by atoms with Crippen molar-refractivity contribution in [1.82, 2.24) is 9.80 Å². The molecule has 1 N–H and O–H groups in total. The molecule has 0 saturated heterocycles. The highest BCUT2D eigenvalue weighted by atomic mass is 16.6. The number of benzene rings is 1. The molecule has 8 nitrogen and oxygen atoms in total. The van der Waals surface area contributed by atoms with E-state index >= 15 is 0 Å². The molecule has 8 heteroatoms. The summed E-state index contributed by atoms with van der Waals surface area (Å²) in [7, 11) is 0. The molecule has 0 radical (unpaired) electrons. The zero-order chi connectivity index (χ0) is 19.4. The number of hydrogen-bond donors (Lipinski definition) is 1. The molecule has 0 aliphatic carbocycles. The van der Waals surface area contributed by atoms with E-state index in [1.807, 2.05) is 13.8 Å². The Bertz CT molecular complexity index is 738. The Hall–Kier alpha value is -2.74. The quantitative estimate of drug-likeness (QED) is 0.562. The fourth-order valence-electron chi connectivity index (χ4n) is 3.16. The van der Waals surface area contributed by atoms with Gasteiger partial charge in [-0.25, -0.2) is 0 Å². The van der Waals surface area contributed by atoms with Crippen molar-refractivity contribution in [2.24, 2.45) is 0 Å². The molecule has 1 aliphatic rings. The molecule has 0 unspecified atom stereocenters. The van der Waals surface area contributed by atoms with Crippen LogP contribution in [-0.4, -0.2) is 57.7 Å². The number of nitro benzene ring substituents is 1. The first-order valence-electron chi connectivity index (χ1n) is 8.53. The summed E-state index contributed by atoms with van der Waals surface area (Å²) in [5.41, 5.74) is 0.506. The average molecular weight is 361 g/mol. The van der Waals surface area contributed by atoms with Crippen LogP contribution in [0.25, 0.3) is 0 Å². The summed E-state index contributed by atoms with van der Waals surface area (Å²) in [5.74, 6) is -1.53. The van der Waals surface area contributed by atoms with E-state index in [4.69, 9.17) is 0 Å². The molecule has 0 aromatic heterocycles. The molecule has 0 fully saturated rings. The van der Waals surface area contributed by atoms with Crippen LogP contribution in [0.3, 0.4) is 0 Å². The van der Waals surface area contributed by atoms with E-state index in [1.54, 1.807) is 0 Å². The number of rotatable bonds is 8. The second-order valence-corrected chi connectivity index (χ2v) is 6.10. The summed E-state index contributed by atoms with van der Waals surface area (Å²) in [6, 6.07) is 4.95. The summed E-state index contributed by atoms with van der Waals surface area (Å²) in [6.45, 7) is 7.90. The molecule has 140 valence electrons. The minimum Gasteiger partial charge on any atom is -0.503 e. The maximum Gasteiger partial charge on any atom is 0.290 e. The lowest BCUT2D eigenvalue weighted by Gasteiger charge is -2.29. The smallest absolute Gasteiger partial charge is 0.290 e. The Morgan fingerprint density at radius 2 is 1.85 bits per heavy atom. The van der Waals surface area contributed by atoms with Crippen LogP contribution in [0.1, 0.15) is 32.4 Å². The van der Waals surface area contributed by atoms with Crippen LogP contribution in [0.2, 0.25) is 0 Å². The molecule has 0 spiro atoms. The molecule has 1 amide bonds. The van der Waals surface area contributed by atoms with Crippen molar-refractivity contribution in [3.8, 4) is 0 Å². The number of amides is 1. The highest BCUT2D eigenvalue weighted by molar-refractivity contribution is 6.08. The number of carbonyl (C=O) groups excluding carboxylic acids is 2. The number of Topliss-reactive ketones (excluding diaryl/α,β-unsaturated/α-hetero) is 1. The number of nitrogens with zero attached hydrogens (tertiary/aromatic N) is 3. The number of hydrogen-bond acceptors (Lipinski definition) is 6. The molecule has 1 heterocycles. The lowest BCUT2D eigenvalue weighted by molar-refractivity contribution is -0.384. The van der Waals surface area contributed by atoms with E-state index in [0.29, 0.717) is 18.7 Å². The minimum absolute atomic E-state index is 0.0309. The number of carbonyl (C=O) groups is 2. The summed E-state index contributed by atoms with van der Waals surface area (Å²) >= 11 is 0. The van der Waals surface area contributed by atoms with Crippen LogP contribution < -0.4 is 0 Å². The first-order valence-corrected chi connectivity index (χ1v) is 8.53. The van der Waals surface area contributed by atoms with Gasteiger partial charge in [0.1, 0.15) is 0 Å². The van der Waals surface area contributed by atoms with Gasteiger partial charge < -0.3 is 14.9 Å². The van der Waals surface area contributed by atoms with Gasteiger partial charge in [0.15, 0.2) is 11.5 Å². The lowest BCUT2D eigenvalue weighted by atomic mass is 9.96. The highest BCUT2D eigenvalue weighted by Crippen LogP contribution is 2.37. The molecular weight excluding hydrogens is 338 g/mol. The number of non-ortho nitro benzene ring substituents is 1. The van der Waals surface area contributed by atoms with E-state index in [1.165, 1.54) is 36.1 Å². The Balaban J connectivity index is 2.38. The SMILES string of the molecule is CCN(CC)CCN1C(=O)C(O)=C(C(C)=O)[C@@H]1c1ccc([N+](=O)[O-])cc1. The van der Waals surface area contributed by atoms with E-state index in [0.717, 1.165) is 13.1 Å². The number of aliphatic hydroxyl groups excluding tert-OH is 1. The standard InChI is InChI=1S/C18H23N3O5/c1-4-19(5-2)10-11-20-16(15(12(3)22)17(23)18(20)24)13-6-8-14(9-7-13)21(25)26/h6-9,16,23H,4-5,10-11H2,1-3H3/t16-/m0/s1. The van der Waals surface area contributed by atoms with Gasteiger partial charge >= 0.3 is 0 Å². The molecular formula is C18H23N3O5. The lowest BCUT2D eigenvalue weighted by Crippen LogP contribution is -2.38. The van der Waals surface area contributed by atoms with Crippen LogP contribution in [0.4, 0.5) is 5.69 Å². The summed E-state index contributed by atoms with van der Waals surface area (Å²) < 4.78 is 0. The second kappa shape index (κ2) is 8.09. The van der Waals surface area contributed by atoms with Crippen molar-refractivity contribution in [2.45, 2.75) is 26.8 Å². The van der Waals surface area contributed by atoms with Gasteiger partial charge in [-0.2, -0.15) is 0 Å². The van der Waals surface area contributed by atoms with Gasteiger partial charge in [0.2, 0.25) is 0 Å². The predicted molar refractivity (Wildman–Crippen MR) is 95.7 cm³/mol. The third kappa shape index (κ3) is 3.75. The molecule has 1 aliphatic heterocycles. The van der Waals surface area contributed by atoms with Crippen LogP contribution in [0.15, 0.2) is 35.6 Å². The van der Waals surface area contributed by atoms with Gasteiger partial charge in [0.25, 0.3) is 11.6 Å². The largest absolute Gasteiger partial charge is 0.503 e. The highest BCUT2D eigenvalue weighted by Gasteiger charge is 2.42. The van der Waals surface area contributed by atoms with Crippen molar-refractivity contribution in [2.75, 3.05) is 26.2 Å². The third-order valence-electron chi connectivity index (χ3n) is 4.65. The molecule has 2 rings (SSSR count). The van der Waals surface area contributed by atoms with Crippen LogP contribution in [0, 0.1) is 10.1 Å². The third-order valence-corrected chi connectivity index (χ3v) is 4.65. The number of aliphatic hydroxyl groups is 1. The fourth-order valence-corrected chi connectivity index (χ4v) is 3.16. The van der Waals surface area contributed by atoms with Gasteiger partial charge in [0.05, 0.1) is 16.5 Å². The van der Waals surface area contributed by atoms with Gasteiger partial charge in [-0.1, -0.05) is 13.8 Å². The molecule has 0 bridgehead atoms. The zero-order valence-electron chi connectivity index (χ0n) is 15.1. The van der Waals surface area contributed by atoms with Gasteiger partial charge in [0, 0.05) is 25.2 Å². The molecule has 0 saturated carbocycles. The van der Waals surface area contributed by atoms with Crippen molar-refractivity contribution < 1.29 is 19.6 Å². The average Bonchev–Trinajstić information content (AvgIpc) is 2.87.